The number of ether oxygens (including phenoxy) is 3. The molecule has 75 heavy (non-hydrogen) atoms. The Hall–Kier alpha value is -2.15. The van der Waals surface area contributed by atoms with E-state index in [-0.39, 0.29) is 146 Å². The van der Waals surface area contributed by atoms with Crippen LogP contribution in [0.5, 0.6) is 11.5 Å². The summed E-state index contributed by atoms with van der Waals surface area (Å²) < 4.78 is 53.5. The standard InChI is InChI=1S/C25H34FN3O3.C13H15FN2O2.C13H23NO2.C2H3N.CH2O3.2K.H/c1-15-3-5-18(6-4-15)27-25(30)20-13-17(20)14-29-11-9-16(10-12-29)22-19-7-8-21(26)24(31-2)23(19)32-28-22;1-17-13-10(14)3-2-9-11(16-18-12(9)13)8-4-6-15-7-5-8;1-9-3-5-11(6-4-9)14-13(15)12-7-10(12)8-16-2;1-2-3;2-1-4-3;;;/h7-8,15-18,20H,3-6,9-14H2,1-2H3,(H,27,30);2-3,8,15H,4-7H2,1H3;9-12H,3-8H2,1-2H3,(H,14,15);1H3;1,3H;;;/q;;;;;2*+1;-1/p-1/t15?,17-,18?,20+;;9?,10-,11?,12?;;;;;/m0.0...../s1. The van der Waals surface area contributed by atoms with Gasteiger partial charge >= 0.3 is 103 Å². The summed E-state index contributed by atoms with van der Waals surface area (Å²) in [5.74, 6) is 3.69. The van der Waals surface area contributed by atoms with E-state index in [4.69, 9.17) is 38.6 Å². The summed E-state index contributed by atoms with van der Waals surface area (Å²) in [6.07, 6.45) is 15.7. The van der Waals surface area contributed by atoms with Gasteiger partial charge in [-0.05, 0) is 164 Å². The molecule has 4 heterocycles. The number of aromatic nitrogens is 2. The Bertz CT molecular complexity index is 2420. The van der Waals surface area contributed by atoms with Crippen LogP contribution in [-0.2, 0) is 24.0 Å². The van der Waals surface area contributed by atoms with Crippen molar-refractivity contribution < 1.29 is 161 Å². The monoisotopic (exact) mass is 1100 g/mol. The third-order valence-electron chi connectivity index (χ3n) is 15.4. The largest absolute Gasteiger partial charge is 1.00 e. The zero-order valence-electron chi connectivity index (χ0n) is 46.4. The van der Waals surface area contributed by atoms with Crippen LogP contribution in [0.15, 0.2) is 33.3 Å². The number of amides is 2. The third kappa shape index (κ3) is 19.0. The molecule has 2 saturated heterocycles. The number of carbonyl (C=O) groups excluding carboxylic acids is 3. The van der Waals surface area contributed by atoms with Gasteiger partial charge in [0.2, 0.25) is 34.5 Å². The summed E-state index contributed by atoms with van der Waals surface area (Å²) in [7, 11) is 4.58. The summed E-state index contributed by atoms with van der Waals surface area (Å²) >= 11 is 0. The van der Waals surface area contributed by atoms with Crippen molar-refractivity contribution in [1.82, 2.24) is 31.2 Å². The predicted molar refractivity (Wildman–Crippen MR) is 268 cm³/mol. The van der Waals surface area contributed by atoms with Crippen LogP contribution in [0.3, 0.4) is 0 Å². The van der Waals surface area contributed by atoms with Crippen LogP contribution in [0.2, 0.25) is 0 Å². The molecule has 21 heteroatoms. The first kappa shape index (κ1) is 65.4. The van der Waals surface area contributed by atoms with Gasteiger partial charge in [-0.15, -0.1) is 0 Å². The summed E-state index contributed by atoms with van der Waals surface area (Å²) in [5, 5.41) is 35.7. The first-order valence-electron chi connectivity index (χ1n) is 26.2. The van der Waals surface area contributed by atoms with Gasteiger partial charge in [0.05, 0.1) is 31.7 Å². The molecule has 4 atom stereocenters. The average molecular weight is 1100 g/mol. The zero-order chi connectivity index (χ0) is 52.4. The van der Waals surface area contributed by atoms with Gasteiger partial charge in [-0.1, -0.05) is 24.2 Å². The van der Waals surface area contributed by atoms with Crippen molar-refractivity contribution in [2.45, 2.75) is 135 Å². The molecule has 4 aliphatic carbocycles. The number of likely N-dealkylation sites (tertiary alicyclic amines) is 1. The van der Waals surface area contributed by atoms with E-state index >= 15 is 0 Å². The number of nitrogens with one attached hydrogen (secondary N) is 3. The van der Waals surface area contributed by atoms with Crippen LogP contribution < -0.4 is 133 Å². The number of rotatable bonds is 13. The van der Waals surface area contributed by atoms with E-state index in [1.54, 1.807) is 25.3 Å². The molecule has 0 radical (unpaired) electrons. The Kier molecular flexibility index (Phi) is 29.2. The van der Waals surface area contributed by atoms with Gasteiger partial charge in [0.25, 0.3) is 6.47 Å². The number of piperidine rings is 2. The number of hydrogen-bond acceptors (Lipinski definition) is 15. The minimum absolute atomic E-state index is 0. The summed E-state index contributed by atoms with van der Waals surface area (Å²) in [6, 6.07) is 8.87. The zero-order valence-corrected chi connectivity index (χ0v) is 51.7. The van der Waals surface area contributed by atoms with Gasteiger partial charge in [0.1, 0.15) is 0 Å². The van der Waals surface area contributed by atoms with E-state index in [2.05, 4.69) is 49.9 Å². The van der Waals surface area contributed by atoms with E-state index in [1.165, 1.54) is 59.0 Å². The number of halogens is 2. The van der Waals surface area contributed by atoms with Crippen LogP contribution >= 0.6 is 0 Å². The fourth-order valence-corrected chi connectivity index (χ4v) is 10.9. The van der Waals surface area contributed by atoms with Gasteiger partial charge in [-0.2, -0.15) is 5.26 Å². The van der Waals surface area contributed by atoms with Gasteiger partial charge < -0.3 is 55.7 Å². The van der Waals surface area contributed by atoms with Crippen molar-refractivity contribution in [3.63, 3.8) is 0 Å². The van der Waals surface area contributed by atoms with Gasteiger partial charge in [0.15, 0.2) is 11.6 Å². The van der Waals surface area contributed by atoms with Crippen molar-refractivity contribution in [1.29, 1.82) is 5.26 Å². The fraction of sp³-hybridized carbons (Fsp3) is 0.667. The van der Waals surface area contributed by atoms with Crippen molar-refractivity contribution in [3.05, 3.63) is 47.3 Å². The number of carbonyl (C=O) groups is 3. The minimum Gasteiger partial charge on any atom is -1.00 e. The third-order valence-corrected chi connectivity index (χ3v) is 15.4. The van der Waals surface area contributed by atoms with Crippen molar-refractivity contribution in [2.24, 2.45) is 35.5 Å². The van der Waals surface area contributed by atoms with Crippen LogP contribution in [-0.4, -0.2) is 106 Å². The first-order valence-corrected chi connectivity index (χ1v) is 26.2. The summed E-state index contributed by atoms with van der Waals surface area (Å²) in [6.45, 7) is 11.5. The Morgan fingerprint density at radius 1 is 0.760 bits per heavy atom. The molecule has 6 fully saturated rings. The molecular formula is C54H77F2K2N7O10. The number of nitrogens with zero attached hydrogens (tertiary/aromatic N) is 4. The second-order valence-corrected chi connectivity index (χ2v) is 20.7. The molecule has 10 rings (SSSR count). The molecule has 2 amide bonds. The molecule has 2 aliphatic heterocycles. The van der Waals surface area contributed by atoms with Crippen molar-refractivity contribution >= 4 is 40.2 Å². The Morgan fingerprint density at radius 3 is 1.59 bits per heavy atom. The van der Waals surface area contributed by atoms with Crippen LogP contribution in [0.1, 0.15) is 135 Å². The second kappa shape index (κ2) is 33.4. The van der Waals surface area contributed by atoms with Crippen LogP contribution in [0, 0.1) is 58.5 Å². The van der Waals surface area contributed by atoms with Crippen molar-refractivity contribution in [3.8, 4) is 17.6 Å². The molecule has 0 bridgehead atoms. The maximum Gasteiger partial charge on any atom is 1.00 e. The van der Waals surface area contributed by atoms with Gasteiger partial charge in [-0.25, -0.2) is 8.78 Å². The number of hydrogen-bond donors (Lipinski definition) is 3. The predicted octanol–water partition coefficient (Wildman–Crippen LogP) is 1.98. The molecule has 4 aromatic rings. The normalized spacial score (nSPS) is 25.1. The topological polar surface area (TPSA) is 226 Å². The number of nitriles is 1. The van der Waals surface area contributed by atoms with Gasteiger partial charge in [-0.3, -0.25) is 14.4 Å². The maximum absolute atomic E-state index is 13.9. The van der Waals surface area contributed by atoms with E-state index in [0.29, 0.717) is 46.9 Å². The van der Waals surface area contributed by atoms with E-state index < -0.39 is 11.6 Å². The quantitative estimate of drug-likeness (QED) is 0.0754. The SMILES string of the molecule is CC#N.COC[C@@H]1CC1C(=O)NC1CCC(C)CC1.COc1c(F)ccc2c(C3CCN(C[C@@H]4C[C@H]4C(=O)NC4CCC(C)CC4)CC3)noc12.COc1c(F)ccc2c(C3CCNCC3)noc12.O=CO[O-].[H-].[K+].[K+]. The molecule has 3 N–H and O–H groups in total. The second-order valence-electron chi connectivity index (χ2n) is 20.7. The van der Waals surface area contributed by atoms with Crippen molar-refractivity contribution in [2.75, 3.05) is 60.7 Å². The molecule has 17 nitrogen and oxygen atoms in total. The first-order chi connectivity index (χ1) is 35.4. The Labute approximate surface area is 526 Å². The molecule has 1 unspecified atom stereocenters. The Morgan fingerprint density at radius 2 is 1.17 bits per heavy atom. The molecule has 2 aromatic heterocycles. The fourth-order valence-electron chi connectivity index (χ4n) is 10.9. The molecule has 6 aliphatic rings. The maximum atomic E-state index is 13.9. The molecule has 404 valence electrons. The Balaban J connectivity index is 0.000000296. The van der Waals surface area contributed by atoms with E-state index in [9.17, 15) is 18.4 Å². The van der Waals surface area contributed by atoms with Gasteiger partial charge in [0, 0.05) is 73.7 Å². The summed E-state index contributed by atoms with van der Waals surface area (Å²) in [4.78, 5) is 38.2. The average Bonchev–Trinajstić information content (AvgIpc) is 4.27. The number of benzene rings is 2. The van der Waals surface area contributed by atoms with Crippen LogP contribution in [0.4, 0.5) is 8.78 Å². The molecule has 2 aromatic carbocycles. The minimum atomic E-state index is -0.432. The smallest absolute Gasteiger partial charge is 1.00 e. The molecule has 0 spiro atoms. The molecular weight excluding hydrogens is 1020 g/mol. The van der Waals surface area contributed by atoms with Crippen LogP contribution in [0.25, 0.3) is 21.9 Å². The van der Waals surface area contributed by atoms with E-state index in [0.717, 1.165) is 138 Å². The number of fused-ring (bicyclic) bond motifs is 2. The summed E-state index contributed by atoms with van der Waals surface area (Å²) in [5.41, 5.74) is 2.63. The molecule has 4 saturated carbocycles. The van der Waals surface area contributed by atoms with E-state index in [1.807, 2.05) is 0 Å². The number of methoxy groups -OCH3 is 3.